The summed E-state index contributed by atoms with van der Waals surface area (Å²) in [7, 11) is 0. The van der Waals surface area contributed by atoms with Gasteiger partial charge in [-0.25, -0.2) is 0 Å². The molecule has 0 amide bonds. The molecule has 0 heterocycles. The lowest BCUT2D eigenvalue weighted by Gasteiger charge is -2.08. The molecule has 0 aliphatic rings. The Bertz CT molecular complexity index is 388. The number of hydrogen-bond acceptors (Lipinski definition) is 6. The molecule has 0 aromatic rings. The molecule has 6 heteroatoms. The number of carbonyl (C=O) groups is 1. The average Bonchev–Trinajstić information content (AvgIpc) is 2.69. The van der Waals surface area contributed by atoms with Crippen LogP contribution < -0.4 is 0 Å². The van der Waals surface area contributed by atoms with Crippen molar-refractivity contribution in [2.75, 3.05) is 13.2 Å². The maximum atomic E-state index is 11.4. The van der Waals surface area contributed by atoms with E-state index in [1.54, 1.807) is 0 Å². The van der Waals surface area contributed by atoms with Crippen molar-refractivity contribution in [3.63, 3.8) is 0 Å². The van der Waals surface area contributed by atoms with E-state index in [2.05, 4.69) is 19.1 Å². The first-order valence-electron chi connectivity index (χ1n) is 10.7. The topological polar surface area (TPSA) is 101 Å². The lowest BCUT2D eigenvalue weighted by atomic mass is 10.1. The zero-order chi connectivity index (χ0) is 21.3. The highest BCUT2D eigenvalue weighted by atomic mass is 16.5. The van der Waals surface area contributed by atoms with E-state index in [0.717, 1.165) is 25.7 Å². The molecule has 0 saturated carbocycles. The van der Waals surface area contributed by atoms with Gasteiger partial charge in [0.1, 0.15) is 12.7 Å². The minimum Gasteiger partial charge on any atom is -0.463 e. The van der Waals surface area contributed by atoms with Crippen LogP contribution in [0.1, 0.15) is 96.8 Å². The Morgan fingerprint density at radius 3 is 1.86 bits per heavy atom. The molecule has 0 fully saturated rings. The highest BCUT2D eigenvalue weighted by Gasteiger charge is 2.07. The highest BCUT2D eigenvalue weighted by Crippen LogP contribution is 2.10. The van der Waals surface area contributed by atoms with Crippen LogP contribution in [0, 0.1) is 0 Å². The summed E-state index contributed by atoms with van der Waals surface area (Å²) in [6.45, 7) is 1.77. The number of aliphatic hydroxyl groups excluding tert-OH is 2. The van der Waals surface area contributed by atoms with Crippen LogP contribution in [0.2, 0.25) is 0 Å². The van der Waals surface area contributed by atoms with E-state index in [1.807, 2.05) is 0 Å². The molecule has 28 heavy (non-hydrogen) atoms. The quantitative estimate of drug-likeness (QED) is 0.202. The second kappa shape index (κ2) is 25.5. The predicted octanol–water partition coefficient (Wildman–Crippen LogP) is 4.34. The zero-order valence-corrected chi connectivity index (χ0v) is 17.6. The van der Waals surface area contributed by atoms with Gasteiger partial charge < -0.3 is 14.9 Å². The number of hydrogen-bond donors (Lipinski definition) is 2. The van der Waals surface area contributed by atoms with E-state index in [4.69, 9.17) is 24.5 Å². The van der Waals surface area contributed by atoms with Crippen molar-refractivity contribution in [3.05, 3.63) is 12.2 Å². The van der Waals surface area contributed by atoms with Gasteiger partial charge in [-0.05, 0) is 32.1 Å². The minimum atomic E-state index is -0.960. The van der Waals surface area contributed by atoms with E-state index >= 15 is 0 Å². The van der Waals surface area contributed by atoms with Crippen molar-refractivity contribution in [2.24, 2.45) is 0 Å². The zero-order valence-electron chi connectivity index (χ0n) is 17.6. The number of unbranched alkanes of at least 4 members (excludes halogenated alkanes) is 11. The van der Waals surface area contributed by atoms with E-state index in [0.29, 0.717) is 6.42 Å². The Labute approximate surface area is 170 Å². The largest absolute Gasteiger partial charge is 0.463 e. The standard InChI is InChI=1S/C21H40O4.CO2/c1-2-3-4-5-6-7-8-9-10-11-12-13-14-15-16-17-21(24)25-19-20(23)18-22;2-1-3/h9-10,20,22-23H,2-8,11-19H2,1H3;. The van der Waals surface area contributed by atoms with Crippen LogP contribution in [-0.2, 0) is 19.1 Å². The van der Waals surface area contributed by atoms with Crippen molar-refractivity contribution in [2.45, 2.75) is 103 Å². The maximum absolute atomic E-state index is 11.4. The molecule has 0 radical (unpaired) electrons. The van der Waals surface area contributed by atoms with E-state index in [-0.39, 0.29) is 25.3 Å². The SMILES string of the molecule is CCCCCCCCC=CCCCCCCCC(=O)OCC(O)CO.O=C=O. The number of esters is 1. The lowest BCUT2D eigenvalue weighted by molar-refractivity contribution is -0.191. The molecule has 1 unspecified atom stereocenters. The van der Waals surface area contributed by atoms with E-state index in [1.165, 1.54) is 57.8 Å². The van der Waals surface area contributed by atoms with Gasteiger partial charge in [-0.3, -0.25) is 4.79 Å². The fourth-order valence-electron chi connectivity index (χ4n) is 2.65. The monoisotopic (exact) mass is 400 g/mol. The summed E-state index contributed by atoms with van der Waals surface area (Å²) in [5.74, 6) is -0.287. The molecule has 0 aromatic carbocycles. The first-order valence-corrected chi connectivity index (χ1v) is 10.7. The summed E-state index contributed by atoms with van der Waals surface area (Å²) in [5, 5.41) is 17.7. The molecule has 0 rings (SSSR count). The smallest absolute Gasteiger partial charge is 0.373 e. The number of rotatable bonds is 18. The normalized spacial score (nSPS) is 11.5. The first-order chi connectivity index (χ1) is 13.6. The van der Waals surface area contributed by atoms with Crippen LogP contribution in [0.4, 0.5) is 0 Å². The van der Waals surface area contributed by atoms with Gasteiger partial charge in [-0.15, -0.1) is 0 Å². The van der Waals surface area contributed by atoms with Gasteiger partial charge in [0.05, 0.1) is 6.61 Å². The molecule has 164 valence electrons. The Hall–Kier alpha value is -1.49. The van der Waals surface area contributed by atoms with Crippen LogP contribution in [0.3, 0.4) is 0 Å². The third kappa shape index (κ3) is 26.7. The highest BCUT2D eigenvalue weighted by molar-refractivity contribution is 5.69. The van der Waals surface area contributed by atoms with Gasteiger partial charge in [0, 0.05) is 6.42 Å². The van der Waals surface area contributed by atoms with Gasteiger partial charge >= 0.3 is 12.1 Å². The Kier molecular flexibility index (Phi) is 26.2. The predicted molar refractivity (Wildman–Crippen MR) is 109 cm³/mol. The summed E-state index contributed by atoms with van der Waals surface area (Å²) < 4.78 is 4.86. The van der Waals surface area contributed by atoms with E-state index < -0.39 is 6.10 Å². The second-order valence-electron chi connectivity index (χ2n) is 6.94. The van der Waals surface area contributed by atoms with Crippen LogP contribution in [-0.4, -0.2) is 41.7 Å². The summed E-state index contributed by atoms with van der Waals surface area (Å²) in [5.41, 5.74) is 0. The van der Waals surface area contributed by atoms with Crippen LogP contribution >= 0.6 is 0 Å². The summed E-state index contributed by atoms with van der Waals surface area (Å²) in [4.78, 5) is 27.6. The van der Waals surface area contributed by atoms with Crippen LogP contribution in [0.25, 0.3) is 0 Å². The minimum absolute atomic E-state index is 0.111. The van der Waals surface area contributed by atoms with Gasteiger partial charge in [0.25, 0.3) is 0 Å². The third-order valence-electron chi connectivity index (χ3n) is 4.29. The summed E-state index contributed by atoms with van der Waals surface area (Å²) >= 11 is 0. The molecular formula is C22H40O6. The number of aliphatic hydroxyl groups is 2. The van der Waals surface area contributed by atoms with Gasteiger partial charge in [-0.1, -0.05) is 70.4 Å². The number of ether oxygens (including phenoxy) is 1. The Morgan fingerprint density at radius 1 is 0.893 bits per heavy atom. The first kappa shape index (κ1) is 28.7. The summed E-state index contributed by atoms with van der Waals surface area (Å²) in [6.07, 6.45) is 20.3. The van der Waals surface area contributed by atoms with Gasteiger partial charge in [0.2, 0.25) is 0 Å². The maximum Gasteiger partial charge on any atom is 0.373 e. The molecule has 0 saturated heterocycles. The van der Waals surface area contributed by atoms with Crippen LogP contribution in [0.5, 0.6) is 0 Å². The molecule has 2 N–H and O–H groups in total. The van der Waals surface area contributed by atoms with Crippen molar-refractivity contribution < 1.29 is 29.3 Å². The van der Waals surface area contributed by atoms with Crippen molar-refractivity contribution >= 4 is 12.1 Å². The lowest BCUT2D eigenvalue weighted by Crippen LogP contribution is -2.21. The molecule has 1 atom stereocenters. The van der Waals surface area contributed by atoms with Crippen molar-refractivity contribution in [3.8, 4) is 0 Å². The molecule has 0 bridgehead atoms. The third-order valence-corrected chi connectivity index (χ3v) is 4.29. The van der Waals surface area contributed by atoms with Crippen molar-refractivity contribution in [1.82, 2.24) is 0 Å². The number of carbonyl (C=O) groups excluding carboxylic acids is 3. The molecule has 0 spiro atoms. The molecule has 0 aliphatic carbocycles. The molecule has 0 aliphatic heterocycles. The Morgan fingerprint density at radius 2 is 1.36 bits per heavy atom. The average molecular weight is 401 g/mol. The van der Waals surface area contributed by atoms with Gasteiger partial charge in [0.15, 0.2) is 0 Å². The van der Waals surface area contributed by atoms with Crippen LogP contribution in [0.15, 0.2) is 12.2 Å². The fraction of sp³-hybridized carbons (Fsp3) is 0.818. The van der Waals surface area contributed by atoms with Crippen molar-refractivity contribution in [1.29, 1.82) is 0 Å². The van der Waals surface area contributed by atoms with Gasteiger partial charge in [-0.2, -0.15) is 9.59 Å². The summed E-state index contributed by atoms with van der Waals surface area (Å²) in [6, 6.07) is 0. The molecular weight excluding hydrogens is 360 g/mol. The van der Waals surface area contributed by atoms with E-state index in [9.17, 15) is 4.79 Å². The molecule has 6 nitrogen and oxygen atoms in total. The fourth-order valence-corrected chi connectivity index (χ4v) is 2.65. The molecule has 0 aromatic heterocycles. The number of allylic oxidation sites excluding steroid dienone is 2. The Balaban J connectivity index is 0. The second-order valence-corrected chi connectivity index (χ2v) is 6.94.